The molecule has 0 fully saturated rings. The van der Waals surface area contributed by atoms with Crippen molar-refractivity contribution in [2.45, 2.75) is 59.3 Å². The quantitative estimate of drug-likeness (QED) is 0.0190. The lowest BCUT2D eigenvalue weighted by atomic mass is 10.0. The average molecular weight is 2120 g/mol. The molecule has 0 radical (unpaired) electrons. The molecule has 0 saturated carbocycles. The van der Waals surface area contributed by atoms with Crippen molar-refractivity contribution >= 4 is 7.32 Å². The van der Waals surface area contributed by atoms with E-state index < -0.39 is 285 Å². The van der Waals surface area contributed by atoms with Crippen LogP contribution in [-0.2, 0) is 0 Å². The standard InChI is InChI=1S/4C12F10.3C12H10.3C5H13N.BH3O3/c4*13-3-1(4(14)8(18)11(21)7(3)17)2-5(15)9(19)12(22)10(20)6(2)16;3*1-3-7-11(8-4-1)12-9-5-2-6-10-12;3*1-3-4-5-6-2;2-1(3)4/h;;;;3*1-10H;3*6H,3-5H2,1-2H3;2-4H. The summed E-state index contributed by atoms with van der Waals surface area (Å²) in [6.45, 7) is 10.1. The smallest absolute Gasteiger partial charge is 0.402 e. The third kappa shape index (κ3) is 31.3. The van der Waals surface area contributed by atoms with Crippen molar-refractivity contribution in [3.63, 3.8) is 0 Å². The van der Waals surface area contributed by atoms with Gasteiger partial charge in [-0.25, -0.2) is 176 Å². The molecule has 0 saturated heterocycles. The number of halogens is 40. The lowest BCUT2D eigenvalue weighted by Gasteiger charge is -2.11. The van der Waals surface area contributed by atoms with Crippen LogP contribution in [-0.4, -0.2) is 63.2 Å². The van der Waals surface area contributed by atoms with E-state index in [1.54, 1.807) is 0 Å². The average Bonchev–Trinajstić information content (AvgIpc) is 0.762. The molecule has 0 aromatic heterocycles. The van der Waals surface area contributed by atoms with Crippen LogP contribution in [0.5, 0.6) is 0 Å². The molecule has 6 nitrogen and oxygen atoms in total. The van der Waals surface area contributed by atoms with E-state index in [4.69, 9.17) is 15.1 Å². The molecule has 14 aromatic rings. The monoisotopic (exact) mass is 2120 g/mol. The number of nitrogens with one attached hydrogen (secondary N) is 3. The molecule has 0 unspecified atom stereocenters. The Morgan fingerprint density at radius 2 is 0.226 bits per heavy atom. The number of hydrogen-bond acceptors (Lipinski definition) is 6. The van der Waals surface area contributed by atoms with Gasteiger partial charge in [-0.15, -0.1) is 0 Å². The first-order valence-electron chi connectivity index (χ1n) is 41.2. The summed E-state index contributed by atoms with van der Waals surface area (Å²) in [5, 5.41) is 30.7. The second kappa shape index (κ2) is 59.5. The van der Waals surface area contributed by atoms with Gasteiger partial charge in [0.25, 0.3) is 0 Å². The van der Waals surface area contributed by atoms with Crippen molar-refractivity contribution in [1.29, 1.82) is 0 Å². The molecule has 0 atom stereocenters. The van der Waals surface area contributed by atoms with Gasteiger partial charge in [0.2, 0.25) is 46.5 Å². The van der Waals surface area contributed by atoms with Gasteiger partial charge >= 0.3 is 7.32 Å². The number of unbranched alkanes of at least 4 members (excludes halogenated alkanes) is 3. The molecule has 0 bridgehead atoms. The molecule has 47 heteroatoms. The lowest BCUT2D eigenvalue weighted by Crippen LogP contribution is -2.10. The zero-order valence-corrected chi connectivity index (χ0v) is 75.2. The van der Waals surface area contributed by atoms with Gasteiger partial charge in [-0.2, -0.15) is 0 Å². The van der Waals surface area contributed by atoms with Crippen LogP contribution >= 0.6 is 0 Å². The molecule has 0 amide bonds. The normalized spacial score (nSPS) is 10.4. The Kier molecular flexibility index (Phi) is 50.7. The van der Waals surface area contributed by atoms with Crippen LogP contribution in [0, 0.1) is 233 Å². The Bertz CT molecular complexity index is 5310. The highest BCUT2D eigenvalue weighted by atomic mass is 19.2. The molecule has 0 aliphatic carbocycles. The van der Waals surface area contributed by atoms with E-state index in [0.717, 1.165) is 19.6 Å². The maximum absolute atomic E-state index is 13.4. The first-order chi connectivity index (χ1) is 68.8. The summed E-state index contributed by atoms with van der Waals surface area (Å²) >= 11 is 0. The topological polar surface area (TPSA) is 96.8 Å². The maximum atomic E-state index is 13.4. The van der Waals surface area contributed by atoms with Gasteiger partial charge in [0.05, 0.1) is 44.5 Å². The minimum Gasteiger partial charge on any atom is -0.402 e. The number of hydrogen-bond donors (Lipinski definition) is 6. The van der Waals surface area contributed by atoms with Crippen LogP contribution in [0.4, 0.5) is 176 Å². The predicted molar refractivity (Wildman–Crippen MR) is 460 cm³/mol. The van der Waals surface area contributed by atoms with Crippen LogP contribution in [0.1, 0.15) is 59.3 Å². The third-order valence-electron chi connectivity index (χ3n) is 18.7. The second-order valence-corrected chi connectivity index (χ2v) is 28.5. The van der Waals surface area contributed by atoms with Crippen LogP contribution in [0.2, 0.25) is 0 Å². The Morgan fingerprint density at radius 3 is 0.288 bits per heavy atom. The molecule has 784 valence electrons. The fraction of sp³-hybridized carbons (Fsp3) is 0.152. The van der Waals surface area contributed by atoms with Crippen molar-refractivity contribution in [3.8, 4) is 77.9 Å². The van der Waals surface area contributed by atoms with Gasteiger partial charge in [-0.05, 0) is 93.4 Å². The van der Waals surface area contributed by atoms with E-state index >= 15 is 0 Å². The largest absolute Gasteiger partial charge is 0.631 e. The van der Waals surface area contributed by atoms with Gasteiger partial charge < -0.3 is 31.0 Å². The molecule has 0 spiro atoms. The van der Waals surface area contributed by atoms with Crippen molar-refractivity contribution in [3.05, 3.63) is 415 Å². The second-order valence-electron chi connectivity index (χ2n) is 28.5. The van der Waals surface area contributed by atoms with E-state index in [9.17, 15) is 176 Å². The van der Waals surface area contributed by atoms with Gasteiger partial charge in [0, 0.05) is 0 Å². The minimum absolute atomic E-state index is 1.16. The Balaban J connectivity index is 0.000000346. The lowest BCUT2D eigenvalue weighted by molar-refractivity contribution is 0.278. The van der Waals surface area contributed by atoms with Crippen molar-refractivity contribution in [2.24, 2.45) is 0 Å². The summed E-state index contributed by atoms with van der Waals surface area (Å²) in [4.78, 5) is 0. The molecule has 0 heterocycles. The summed E-state index contributed by atoms with van der Waals surface area (Å²) in [5.41, 5.74) is -10.4. The third-order valence-corrected chi connectivity index (χ3v) is 18.7. The van der Waals surface area contributed by atoms with Gasteiger partial charge in [0.15, 0.2) is 186 Å². The maximum Gasteiger partial charge on any atom is 0.631 e. The SMILES string of the molecule is CCCCNC.CCCCNC.CCCCNC.Fc1c(F)c(F)c(-c2c(F)c(F)c(F)c(F)c2F)c(F)c1F.Fc1c(F)c(F)c(-c2c(F)c(F)c(F)c(F)c2F)c(F)c1F.Fc1c(F)c(F)c(-c2c(F)c(F)c(F)c(F)c2F)c(F)c1F.Fc1c(F)c(F)c(-c2c(F)c(F)c(F)c(F)c2F)c(F)c1F.OB(O)O.c1ccc(-c2ccccc2)cc1.c1ccc(-c2ccccc2)cc1.c1ccc(-c2ccccc2)cc1. The first-order valence-corrected chi connectivity index (χ1v) is 41.2. The Hall–Kier alpha value is -13.9. The summed E-state index contributed by atoms with van der Waals surface area (Å²) in [7, 11) is 3.78. The summed E-state index contributed by atoms with van der Waals surface area (Å²) in [6, 6.07) is 62.3. The molecule has 0 aliphatic heterocycles. The van der Waals surface area contributed by atoms with Crippen molar-refractivity contribution in [1.82, 2.24) is 16.0 Å². The highest BCUT2D eigenvalue weighted by Gasteiger charge is 2.40. The molecular weight excluding hydrogens is 2050 g/mol. The molecule has 6 N–H and O–H groups in total. The number of benzene rings is 14. The Morgan fingerprint density at radius 1 is 0.151 bits per heavy atom. The van der Waals surface area contributed by atoms with E-state index in [2.05, 4.69) is 182 Å². The summed E-state index contributed by atoms with van der Waals surface area (Å²) < 4.78 is 525. The molecule has 14 rings (SSSR count). The Labute approximate surface area is 803 Å². The predicted octanol–water partition coefficient (Wildman–Crippen LogP) is 30.0. The molecular formula is C99H72BF40N3O3. The van der Waals surface area contributed by atoms with Gasteiger partial charge in [-0.1, -0.05) is 222 Å². The highest BCUT2D eigenvalue weighted by Crippen LogP contribution is 2.43. The molecule has 146 heavy (non-hydrogen) atoms. The summed E-state index contributed by atoms with van der Waals surface area (Å²) in [5.74, 6) is -107. The summed E-state index contributed by atoms with van der Waals surface area (Å²) in [6.07, 6.45) is 7.78. The highest BCUT2D eigenvalue weighted by molar-refractivity contribution is 6.30. The first kappa shape index (κ1) is 124. The van der Waals surface area contributed by atoms with Crippen LogP contribution in [0.15, 0.2) is 182 Å². The van der Waals surface area contributed by atoms with E-state index in [1.807, 2.05) is 57.5 Å². The zero-order valence-electron chi connectivity index (χ0n) is 75.2. The fourth-order valence-electron chi connectivity index (χ4n) is 11.4. The molecule has 0 aliphatic rings. The molecule has 14 aromatic carbocycles. The number of rotatable bonds is 16. The van der Waals surface area contributed by atoms with E-state index in [1.165, 1.54) is 71.9 Å². The van der Waals surface area contributed by atoms with Gasteiger partial charge in [-0.3, -0.25) is 0 Å². The van der Waals surface area contributed by atoms with E-state index in [0.29, 0.717) is 0 Å². The zero-order chi connectivity index (χ0) is 110. The van der Waals surface area contributed by atoms with Crippen LogP contribution in [0.3, 0.4) is 0 Å². The van der Waals surface area contributed by atoms with Crippen LogP contribution < -0.4 is 16.0 Å². The van der Waals surface area contributed by atoms with Crippen molar-refractivity contribution in [2.75, 3.05) is 40.8 Å². The van der Waals surface area contributed by atoms with Crippen molar-refractivity contribution < 1.29 is 191 Å². The van der Waals surface area contributed by atoms with Crippen LogP contribution in [0.25, 0.3) is 77.9 Å². The van der Waals surface area contributed by atoms with E-state index in [-0.39, 0.29) is 0 Å². The minimum atomic E-state index is -2.68. The fourth-order valence-corrected chi connectivity index (χ4v) is 11.4. The van der Waals surface area contributed by atoms with Gasteiger partial charge in [0.1, 0.15) is 0 Å².